The number of halogens is 1. The number of aromatic nitrogens is 1. The standard InChI is InChI=1S/C12H13ClN2O/c1-2-10-4-5-11(16-10)8-15-12-6-3-9(13)7-14-12/h3-7H,2,8H2,1H3,(H,14,15). The summed E-state index contributed by atoms with van der Waals surface area (Å²) < 4.78 is 5.56. The Morgan fingerprint density at radius 3 is 2.69 bits per heavy atom. The van der Waals surface area contributed by atoms with E-state index in [1.165, 1.54) is 0 Å². The second kappa shape index (κ2) is 5.03. The smallest absolute Gasteiger partial charge is 0.126 e. The number of hydrogen-bond donors (Lipinski definition) is 1. The Morgan fingerprint density at radius 2 is 2.06 bits per heavy atom. The number of hydrogen-bond acceptors (Lipinski definition) is 3. The fraction of sp³-hybridized carbons (Fsp3) is 0.250. The van der Waals surface area contributed by atoms with E-state index in [0.29, 0.717) is 11.6 Å². The van der Waals surface area contributed by atoms with Gasteiger partial charge in [0.15, 0.2) is 0 Å². The van der Waals surface area contributed by atoms with Crippen molar-refractivity contribution in [3.8, 4) is 0 Å². The number of nitrogens with zero attached hydrogens (tertiary/aromatic N) is 1. The SMILES string of the molecule is CCc1ccc(CNc2ccc(Cl)cn2)o1. The maximum atomic E-state index is 5.74. The molecule has 0 unspecified atom stereocenters. The number of nitrogens with one attached hydrogen (secondary N) is 1. The molecule has 0 saturated heterocycles. The van der Waals surface area contributed by atoms with Gasteiger partial charge in [0.2, 0.25) is 0 Å². The molecule has 16 heavy (non-hydrogen) atoms. The van der Waals surface area contributed by atoms with Crippen molar-refractivity contribution in [2.45, 2.75) is 19.9 Å². The maximum absolute atomic E-state index is 5.74. The van der Waals surface area contributed by atoms with Crippen LogP contribution in [0.15, 0.2) is 34.9 Å². The van der Waals surface area contributed by atoms with E-state index in [9.17, 15) is 0 Å². The van der Waals surface area contributed by atoms with Crippen LogP contribution in [-0.2, 0) is 13.0 Å². The average molecular weight is 237 g/mol. The number of rotatable bonds is 4. The van der Waals surface area contributed by atoms with E-state index in [1.54, 1.807) is 12.3 Å². The van der Waals surface area contributed by atoms with E-state index >= 15 is 0 Å². The molecule has 0 atom stereocenters. The highest BCUT2D eigenvalue weighted by atomic mass is 35.5. The van der Waals surface area contributed by atoms with Gasteiger partial charge in [0.05, 0.1) is 11.6 Å². The van der Waals surface area contributed by atoms with Gasteiger partial charge >= 0.3 is 0 Å². The van der Waals surface area contributed by atoms with Crippen LogP contribution in [0.25, 0.3) is 0 Å². The topological polar surface area (TPSA) is 38.1 Å². The van der Waals surface area contributed by atoms with Crippen molar-refractivity contribution in [2.75, 3.05) is 5.32 Å². The van der Waals surface area contributed by atoms with Crippen LogP contribution in [0.1, 0.15) is 18.4 Å². The molecule has 3 nitrogen and oxygen atoms in total. The summed E-state index contributed by atoms with van der Waals surface area (Å²) in [5.41, 5.74) is 0. The van der Waals surface area contributed by atoms with Crippen LogP contribution in [0.3, 0.4) is 0 Å². The van der Waals surface area contributed by atoms with Crippen molar-refractivity contribution in [1.82, 2.24) is 4.98 Å². The lowest BCUT2D eigenvalue weighted by Gasteiger charge is -2.02. The van der Waals surface area contributed by atoms with Crippen LogP contribution in [-0.4, -0.2) is 4.98 Å². The number of anilines is 1. The van der Waals surface area contributed by atoms with Gasteiger partial charge in [-0.05, 0) is 24.3 Å². The van der Waals surface area contributed by atoms with E-state index in [2.05, 4.69) is 17.2 Å². The van der Waals surface area contributed by atoms with Crippen LogP contribution in [0, 0.1) is 0 Å². The van der Waals surface area contributed by atoms with Crippen molar-refractivity contribution in [3.63, 3.8) is 0 Å². The Balaban J connectivity index is 1.94. The zero-order valence-corrected chi connectivity index (χ0v) is 9.79. The average Bonchev–Trinajstić information content (AvgIpc) is 2.76. The fourth-order valence-electron chi connectivity index (χ4n) is 1.37. The minimum atomic E-state index is 0.634. The Bertz CT molecular complexity index is 450. The third-order valence-corrected chi connectivity index (χ3v) is 2.46. The predicted octanol–water partition coefficient (Wildman–Crippen LogP) is 3.50. The molecule has 0 amide bonds. The molecule has 0 aliphatic carbocycles. The van der Waals surface area contributed by atoms with E-state index in [1.807, 2.05) is 18.2 Å². The number of furan rings is 1. The largest absolute Gasteiger partial charge is 0.464 e. The molecule has 0 radical (unpaired) electrons. The van der Waals surface area contributed by atoms with Crippen molar-refractivity contribution < 1.29 is 4.42 Å². The molecule has 1 N–H and O–H groups in total. The minimum absolute atomic E-state index is 0.634. The summed E-state index contributed by atoms with van der Waals surface area (Å²) >= 11 is 5.74. The van der Waals surface area contributed by atoms with Gasteiger partial charge in [-0.2, -0.15) is 0 Å². The highest BCUT2D eigenvalue weighted by Gasteiger charge is 2.00. The fourth-order valence-corrected chi connectivity index (χ4v) is 1.48. The van der Waals surface area contributed by atoms with Gasteiger partial charge in [0.1, 0.15) is 17.3 Å². The van der Waals surface area contributed by atoms with Crippen LogP contribution in [0.5, 0.6) is 0 Å². The van der Waals surface area contributed by atoms with Gasteiger partial charge in [-0.3, -0.25) is 0 Å². The molecular formula is C12H13ClN2O. The summed E-state index contributed by atoms with van der Waals surface area (Å²) in [7, 11) is 0. The molecule has 0 aliphatic heterocycles. The summed E-state index contributed by atoms with van der Waals surface area (Å²) in [4.78, 5) is 4.14. The Hall–Kier alpha value is -1.48. The molecule has 0 aliphatic rings. The lowest BCUT2D eigenvalue weighted by molar-refractivity contribution is 0.476. The van der Waals surface area contributed by atoms with E-state index in [0.717, 1.165) is 23.8 Å². The third kappa shape index (κ3) is 2.76. The minimum Gasteiger partial charge on any atom is -0.464 e. The normalized spacial score (nSPS) is 10.4. The molecule has 0 spiro atoms. The van der Waals surface area contributed by atoms with Crippen LogP contribution >= 0.6 is 11.6 Å². The van der Waals surface area contributed by atoms with Crippen molar-refractivity contribution in [2.24, 2.45) is 0 Å². The molecular weight excluding hydrogens is 224 g/mol. The summed E-state index contributed by atoms with van der Waals surface area (Å²) in [6, 6.07) is 7.61. The summed E-state index contributed by atoms with van der Waals surface area (Å²) in [6.07, 6.45) is 2.53. The van der Waals surface area contributed by atoms with Gasteiger partial charge < -0.3 is 9.73 Å². The molecule has 0 fully saturated rings. The molecule has 4 heteroatoms. The van der Waals surface area contributed by atoms with Crippen LogP contribution < -0.4 is 5.32 Å². The lowest BCUT2D eigenvalue weighted by Crippen LogP contribution is -1.99. The van der Waals surface area contributed by atoms with Gasteiger partial charge in [-0.1, -0.05) is 18.5 Å². The molecule has 0 bridgehead atoms. The van der Waals surface area contributed by atoms with Crippen molar-refractivity contribution in [1.29, 1.82) is 0 Å². The first kappa shape index (κ1) is 11.0. The van der Waals surface area contributed by atoms with Crippen molar-refractivity contribution in [3.05, 3.63) is 47.0 Å². The van der Waals surface area contributed by atoms with E-state index in [4.69, 9.17) is 16.0 Å². The molecule has 2 aromatic heterocycles. The summed E-state index contributed by atoms with van der Waals surface area (Å²) in [5.74, 6) is 2.70. The first-order valence-electron chi connectivity index (χ1n) is 5.21. The predicted molar refractivity (Wildman–Crippen MR) is 64.7 cm³/mol. The quantitative estimate of drug-likeness (QED) is 0.883. The molecule has 0 saturated carbocycles. The highest BCUT2D eigenvalue weighted by molar-refractivity contribution is 6.30. The van der Waals surface area contributed by atoms with Gasteiger partial charge in [-0.15, -0.1) is 0 Å². The summed E-state index contributed by atoms with van der Waals surface area (Å²) in [5, 5.41) is 3.80. The Kier molecular flexibility index (Phi) is 3.47. The first-order valence-corrected chi connectivity index (χ1v) is 5.58. The van der Waals surface area contributed by atoms with E-state index < -0.39 is 0 Å². The molecule has 84 valence electrons. The zero-order valence-electron chi connectivity index (χ0n) is 9.03. The molecule has 2 heterocycles. The first-order chi connectivity index (χ1) is 7.78. The Morgan fingerprint density at radius 1 is 1.25 bits per heavy atom. The lowest BCUT2D eigenvalue weighted by atomic mass is 10.3. The third-order valence-electron chi connectivity index (χ3n) is 2.24. The maximum Gasteiger partial charge on any atom is 0.126 e. The second-order valence-corrected chi connectivity index (χ2v) is 3.87. The summed E-state index contributed by atoms with van der Waals surface area (Å²) in [6.45, 7) is 2.70. The van der Waals surface area contributed by atoms with E-state index in [-0.39, 0.29) is 0 Å². The van der Waals surface area contributed by atoms with Crippen molar-refractivity contribution >= 4 is 17.4 Å². The van der Waals surface area contributed by atoms with Gasteiger partial charge in [-0.25, -0.2) is 4.98 Å². The van der Waals surface area contributed by atoms with Gasteiger partial charge in [0, 0.05) is 12.6 Å². The molecule has 0 aromatic carbocycles. The van der Waals surface area contributed by atoms with Gasteiger partial charge in [0.25, 0.3) is 0 Å². The highest BCUT2D eigenvalue weighted by Crippen LogP contribution is 2.12. The molecule has 2 rings (SSSR count). The van der Waals surface area contributed by atoms with Crippen LogP contribution in [0.4, 0.5) is 5.82 Å². The second-order valence-electron chi connectivity index (χ2n) is 3.44. The monoisotopic (exact) mass is 236 g/mol. The zero-order chi connectivity index (χ0) is 11.4. The Labute approximate surface area is 99.5 Å². The van der Waals surface area contributed by atoms with Crippen LogP contribution in [0.2, 0.25) is 5.02 Å². The molecule has 2 aromatic rings. The number of aryl methyl sites for hydroxylation is 1. The number of pyridine rings is 1.